The van der Waals surface area contributed by atoms with Gasteiger partial charge in [0.2, 0.25) is 5.91 Å². The van der Waals surface area contributed by atoms with Gasteiger partial charge in [-0.1, -0.05) is 46.8 Å². The fourth-order valence-corrected chi connectivity index (χ4v) is 2.51. The summed E-state index contributed by atoms with van der Waals surface area (Å²) >= 11 is 5.07. The Balaban J connectivity index is 2.43. The van der Waals surface area contributed by atoms with Gasteiger partial charge in [0.25, 0.3) is 0 Å². The lowest BCUT2D eigenvalue weighted by molar-refractivity contribution is -0.127. The van der Waals surface area contributed by atoms with Crippen molar-refractivity contribution in [3.05, 3.63) is 0 Å². The summed E-state index contributed by atoms with van der Waals surface area (Å²) in [5, 5.41) is 0. The molecule has 1 unspecified atom stereocenters. The number of hydrogen-bond donors (Lipinski definition) is 1. The van der Waals surface area contributed by atoms with Crippen molar-refractivity contribution in [3.63, 3.8) is 0 Å². The van der Waals surface area contributed by atoms with E-state index in [1.807, 2.05) is 4.90 Å². The molecule has 110 valence electrons. The molecule has 0 aromatic carbocycles. The van der Waals surface area contributed by atoms with Gasteiger partial charge in [-0.2, -0.15) is 0 Å². The van der Waals surface area contributed by atoms with Crippen LogP contribution in [0.1, 0.15) is 53.9 Å². The van der Waals surface area contributed by atoms with Crippen LogP contribution in [0.5, 0.6) is 0 Å². The number of nitrogens with zero attached hydrogens (tertiary/aromatic N) is 1. The third kappa shape index (κ3) is 4.44. The molecular weight excluding hydrogens is 256 g/mol. The Morgan fingerprint density at radius 2 is 1.95 bits per heavy atom. The second kappa shape index (κ2) is 5.78. The number of carbonyl (C=O) groups is 1. The minimum absolute atomic E-state index is 0.110. The average Bonchev–Trinajstić information content (AvgIpc) is 2.59. The molecule has 1 aliphatic heterocycles. The number of amides is 1. The summed E-state index contributed by atoms with van der Waals surface area (Å²) in [4.78, 5) is 14.6. The molecule has 0 aromatic heterocycles. The van der Waals surface area contributed by atoms with E-state index in [9.17, 15) is 4.79 Å². The standard InChI is InChI=1S/C15H28N2OS/c1-14(2,3)11-9-12(18)17(10-11)8-6-7-15(4,5)13(16)19/h11H,6-10H2,1-5H3,(H2,16,19). The van der Waals surface area contributed by atoms with Crippen LogP contribution in [0.3, 0.4) is 0 Å². The highest BCUT2D eigenvalue weighted by Gasteiger charge is 2.36. The summed E-state index contributed by atoms with van der Waals surface area (Å²) < 4.78 is 0. The molecule has 0 spiro atoms. The summed E-state index contributed by atoms with van der Waals surface area (Å²) in [7, 11) is 0. The lowest BCUT2D eigenvalue weighted by atomic mass is 9.80. The first kappa shape index (κ1) is 16.4. The third-order valence-corrected chi connectivity index (χ3v) is 4.89. The van der Waals surface area contributed by atoms with Crippen molar-refractivity contribution in [1.82, 2.24) is 4.90 Å². The van der Waals surface area contributed by atoms with E-state index in [1.54, 1.807) is 0 Å². The number of likely N-dealkylation sites (tertiary alicyclic amines) is 1. The van der Waals surface area contributed by atoms with Crippen molar-refractivity contribution < 1.29 is 4.79 Å². The van der Waals surface area contributed by atoms with E-state index in [-0.39, 0.29) is 10.8 Å². The molecule has 1 amide bonds. The Morgan fingerprint density at radius 1 is 1.37 bits per heavy atom. The maximum atomic E-state index is 12.0. The van der Waals surface area contributed by atoms with Gasteiger partial charge >= 0.3 is 0 Å². The molecule has 1 atom stereocenters. The Bertz CT molecular complexity index is 358. The zero-order valence-electron chi connectivity index (χ0n) is 13.0. The second-order valence-electron chi connectivity index (χ2n) is 7.46. The van der Waals surface area contributed by atoms with Crippen LogP contribution in [0.15, 0.2) is 0 Å². The van der Waals surface area contributed by atoms with Crippen molar-refractivity contribution in [2.24, 2.45) is 22.5 Å². The van der Waals surface area contributed by atoms with Crippen LogP contribution in [0.25, 0.3) is 0 Å². The van der Waals surface area contributed by atoms with Crippen molar-refractivity contribution in [3.8, 4) is 0 Å². The molecule has 0 saturated carbocycles. The smallest absolute Gasteiger partial charge is 0.222 e. The van der Waals surface area contributed by atoms with E-state index in [2.05, 4.69) is 34.6 Å². The number of nitrogens with two attached hydrogens (primary N) is 1. The summed E-state index contributed by atoms with van der Waals surface area (Å²) in [6, 6.07) is 0. The Labute approximate surface area is 122 Å². The zero-order valence-corrected chi connectivity index (χ0v) is 13.8. The molecule has 1 fully saturated rings. The van der Waals surface area contributed by atoms with Gasteiger partial charge in [0, 0.05) is 24.9 Å². The van der Waals surface area contributed by atoms with Crippen LogP contribution in [0, 0.1) is 16.7 Å². The number of rotatable bonds is 5. The molecular formula is C15H28N2OS. The van der Waals surface area contributed by atoms with E-state index < -0.39 is 0 Å². The molecule has 2 N–H and O–H groups in total. The highest BCUT2D eigenvalue weighted by molar-refractivity contribution is 7.80. The molecule has 1 saturated heterocycles. The molecule has 1 aliphatic rings. The van der Waals surface area contributed by atoms with Crippen molar-refractivity contribution >= 4 is 23.1 Å². The predicted molar refractivity (Wildman–Crippen MR) is 83.9 cm³/mol. The maximum absolute atomic E-state index is 12.0. The lowest BCUT2D eigenvalue weighted by Gasteiger charge is -2.27. The van der Waals surface area contributed by atoms with Gasteiger partial charge in [-0.25, -0.2) is 0 Å². The molecule has 1 rings (SSSR count). The largest absolute Gasteiger partial charge is 0.393 e. The van der Waals surface area contributed by atoms with E-state index in [4.69, 9.17) is 18.0 Å². The minimum Gasteiger partial charge on any atom is -0.393 e. The second-order valence-corrected chi connectivity index (χ2v) is 7.90. The van der Waals surface area contributed by atoms with Crippen LogP contribution in [-0.2, 0) is 4.79 Å². The van der Waals surface area contributed by atoms with Crippen molar-refractivity contribution in [2.75, 3.05) is 13.1 Å². The van der Waals surface area contributed by atoms with Gasteiger partial charge in [-0.3, -0.25) is 4.79 Å². The highest BCUT2D eigenvalue weighted by atomic mass is 32.1. The first-order valence-electron chi connectivity index (χ1n) is 7.12. The van der Waals surface area contributed by atoms with Gasteiger partial charge in [-0.05, 0) is 24.2 Å². The summed E-state index contributed by atoms with van der Waals surface area (Å²) in [6.07, 6.45) is 2.60. The monoisotopic (exact) mass is 284 g/mol. The topological polar surface area (TPSA) is 46.3 Å². The van der Waals surface area contributed by atoms with Gasteiger partial charge in [0.05, 0.1) is 4.99 Å². The number of carbonyl (C=O) groups excluding carboxylic acids is 1. The van der Waals surface area contributed by atoms with Gasteiger partial charge in [0.1, 0.15) is 0 Å². The van der Waals surface area contributed by atoms with Crippen LogP contribution in [-0.4, -0.2) is 28.9 Å². The van der Waals surface area contributed by atoms with E-state index >= 15 is 0 Å². The van der Waals surface area contributed by atoms with Crippen LogP contribution < -0.4 is 5.73 Å². The van der Waals surface area contributed by atoms with E-state index in [0.29, 0.717) is 23.2 Å². The molecule has 19 heavy (non-hydrogen) atoms. The van der Waals surface area contributed by atoms with Gasteiger partial charge < -0.3 is 10.6 Å². The average molecular weight is 284 g/mol. The number of hydrogen-bond acceptors (Lipinski definition) is 2. The molecule has 0 bridgehead atoms. The summed E-state index contributed by atoms with van der Waals surface area (Å²) in [5.41, 5.74) is 5.82. The van der Waals surface area contributed by atoms with Gasteiger partial charge in [-0.15, -0.1) is 0 Å². The Morgan fingerprint density at radius 3 is 2.37 bits per heavy atom. The Kier molecular flexibility index (Phi) is 4.99. The van der Waals surface area contributed by atoms with Crippen LogP contribution >= 0.6 is 12.2 Å². The number of thiocarbonyl (C=S) groups is 1. The maximum Gasteiger partial charge on any atom is 0.222 e. The fraction of sp³-hybridized carbons (Fsp3) is 0.867. The minimum atomic E-state index is -0.110. The first-order chi connectivity index (χ1) is 8.54. The normalized spacial score (nSPS) is 21.0. The van der Waals surface area contributed by atoms with Gasteiger partial charge in [0.15, 0.2) is 0 Å². The van der Waals surface area contributed by atoms with E-state index in [1.165, 1.54) is 0 Å². The molecule has 0 aromatic rings. The molecule has 0 radical (unpaired) electrons. The SMILES string of the molecule is CC(C)(CCCN1CC(C(C)(C)C)CC1=O)C(N)=S. The summed E-state index contributed by atoms with van der Waals surface area (Å²) in [6.45, 7) is 12.5. The molecule has 1 heterocycles. The third-order valence-electron chi connectivity index (χ3n) is 4.34. The lowest BCUT2D eigenvalue weighted by Crippen LogP contribution is -2.32. The fourth-order valence-electron chi connectivity index (χ4n) is 2.40. The summed E-state index contributed by atoms with van der Waals surface area (Å²) in [5.74, 6) is 0.775. The van der Waals surface area contributed by atoms with Crippen LogP contribution in [0.4, 0.5) is 0 Å². The first-order valence-corrected chi connectivity index (χ1v) is 7.52. The van der Waals surface area contributed by atoms with Crippen molar-refractivity contribution in [1.29, 1.82) is 0 Å². The Hall–Kier alpha value is -0.640. The van der Waals surface area contributed by atoms with Crippen molar-refractivity contribution in [2.45, 2.75) is 53.9 Å². The van der Waals surface area contributed by atoms with E-state index in [0.717, 1.165) is 25.9 Å². The molecule has 0 aliphatic carbocycles. The highest BCUT2D eigenvalue weighted by Crippen LogP contribution is 2.34. The molecule has 4 heteroatoms. The van der Waals surface area contributed by atoms with Crippen LogP contribution in [0.2, 0.25) is 0 Å². The molecule has 3 nitrogen and oxygen atoms in total. The quantitative estimate of drug-likeness (QED) is 0.790. The predicted octanol–water partition coefficient (Wildman–Crippen LogP) is 2.97. The zero-order chi connectivity index (χ0) is 14.8.